The van der Waals surface area contributed by atoms with Crippen LogP contribution in [0.2, 0.25) is 0 Å². The van der Waals surface area contributed by atoms with Crippen LogP contribution in [-0.2, 0) is 6.42 Å². The molecule has 0 unspecified atom stereocenters. The van der Waals surface area contributed by atoms with Crippen LogP contribution < -0.4 is 11.0 Å². The van der Waals surface area contributed by atoms with Crippen LogP contribution in [0.4, 0.5) is 0 Å². The molecule has 0 saturated heterocycles. The molecule has 0 aliphatic rings. The van der Waals surface area contributed by atoms with Crippen LogP contribution in [0.1, 0.15) is 12.0 Å². The fourth-order valence-corrected chi connectivity index (χ4v) is 5.35. The number of aliphatic imine (C=N–C) groups is 1. The Morgan fingerprint density at radius 1 is 1.05 bits per heavy atom. The Hall–Kier alpha value is -0.621. The van der Waals surface area contributed by atoms with Gasteiger partial charge in [-0.1, -0.05) is 0 Å². The van der Waals surface area contributed by atoms with Gasteiger partial charge in [-0.3, -0.25) is 0 Å². The minimum atomic E-state index is -1.72. The van der Waals surface area contributed by atoms with Crippen LogP contribution in [0.5, 0.6) is 0 Å². The van der Waals surface area contributed by atoms with Crippen molar-refractivity contribution in [3.05, 3.63) is 66.2 Å². The minimum absolute atomic E-state index is 0.710. The summed E-state index contributed by atoms with van der Waals surface area (Å²) >= 11 is 6.46. The van der Waals surface area contributed by atoms with Crippen molar-refractivity contribution >= 4 is 45.7 Å². The number of hydrogen-bond acceptors (Lipinski definition) is 1. The van der Waals surface area contributed by atoms with Crippen molar-refractivity contribution in [2.45, 2.75) is 12.8 Å². The van der Waals surface area contributed by atoms with Gasteiger partial charge in [0.05, 0.1) is 0 Å². The standard InChI is InChI=1S/C16H19N2PSe2/c17-16(19(20,21)15-11-5-2-6-12-15)18-13-7-10-14-8-3-1-4-9-14/h1-6,8-9,11-12H,7,10,13H2,(H2,17,18)(H,20,21)/p-1. The second-order valence-corrected chi connectivity index (χ2v) is 17.2. The summed E-state index contributed by atoms with van der Waals surface area (Å²) in [5, 5.41) is 1.20. The quantitative estimate of drug-likeness (QED) is 0.249. The molecule has 2 aromatic carbocycles. The van der Waals surface area contributed by atoms with Crippen LogP contribution >= 0.6 is 4.20 Å². The first-order valence-corrected chi connectivity index (χ1v) is 13.0. The third-order valence-corrected chi connectivity index (χ3v) is 9.87. The van der Waals surface area contributed by atoms with Crippen LogP contribution in [0, 0.1) is 0 Å². The van der Waals surface area contributed by atoms with Crippen LogP contribution in [0.25, 0.3) is 0 Å². The molecule has 0 aliphatic carbocycles. The van der Waals surface area contributed by atoms with E-state index in [9.17, 15) is 0 Å². The molecule has 0 bridgehead atoms. The van der Waals surface area contributed by atoms with Crippen molar-refractivity contribution in [2.75, 3.05) is 6.54 Å². The average Bonchev–Trinajstić information content (AvgIpc) is 2.53. The van der Waals surface area contributed by atoms with E-state index < -0.39 is 4.20 Å². The summed E-state index contributed by atoms with van der Waals surface area (Å²) in [4.78, 5) is 4.57. The van der Waals surface area contributed by atoms with Crippen molar-refractivity contribution in [3.63, 3.8) is 0 Å². The summed E-state index contributed by atoms with van der Waals surface area (Å²) in [6.07, 6.45) is 2.05. The van der Waals surface area contributed by atoms with Gasteiger partial charge in [0.2, 0.25) is 0 Å². The van der Waals surface area contributed by atoms with Crippen molar-refractivity contribution in [3.8, 4) is 0 Å². The maximum atomic E-state index is 6.20. The number of amidine groups is 1. The van der Waals surface area contributed by atoms with E-state index in [4.69, 9.17) is 5.73 Å². The van der Waals surface area contributed by atoms with E-state index in [2.05, 4.69) is 72.1 Å². The van der Waals surface area contributed by atoms with Crippen molar-refractivity contribution in [1.29, 1.82) is 0 Å². The van der Waals surface area contributed by atoms with Gasteiger partial charge < -0.3 is 0 Å². The molecule has 0 fully saturated rings. The molecule has 0 aromatic heterocycles. The van der Waals surface area contributed by atoms with Gasteiger partial charge >= 0.3 is 142 Å². The van der Waals surface area contributed by atoms with Crippen LogP contribution in [0.15, 0.2) is 65.7 Å². The van der Waals surface area contributed by atoms with Crippen LogP contribution in [0.3, 0.4) is 0 Å². The Kier molecular flexibility index (Phi) is 6.48. The van der Waals surface area contributed by atoms with Gasteiger partial charge in [-0.05, 0) is 0 Å². The molecule has 5 heteroatoms. The van der Waals surface area contributed by atoms with E-state index in [0.717, 1.165) is 19.4 Å². The molecule has 2 nitrogen and oxygen atoms in total. The molecule has 2 N–H and O–H groups in total. The molecule has 0 aliphatic heterocycles. The summed E-state index contributed by atoms with van der Waals surface area (Å²) in [7, 11) is 0. The van der Waals surface area contributed by atoms with Crippen molar-refractivity contribution < 1.29 is 0 Å². The van der Waals surface area contributed by atoms with Gasteiger partial charge in [-0.25, -0.2) is 0 Å². The summed E-state index contributed by atoms with van der Waals surface area (Å²) < 4.78 is -1.72. The van der Waals surface area contributed by atoms with Crippen molar-refractivity contribution in [1.82, 2.24) is 0 Å². The molecule has 21 heavy (non-hydrogen) atoms. The normalized spacial score (nSPS) is 14.6. The zero-order valence-electron chi connectivity index (χ0n) is 11.7. The van der Waals surface area contributed by atoms with Gasteiger partial charge in [-0.15, -0.1) is 0 Å². The number of hydrogen-bond donors (Lipinski definition) is 1. The molecule has 1 atom stereocenters. The van der Waals surface area contributed by atoms with Gasteiger partial charge in [0.15, 0.2) is 0 Å². The predicted molar refractivity (Wildman–Crippen MR) is 95.8 cm³/mol. The summed E-state index contributed by atoms with van der Waals surface area (Å²) in [6, 6.07) is 20.7. The van der Waals surface area contributed by atoms with Gasteiger partial charge in [0.1, 0.15) is 0 Å². The van der Waals surface area contributed by atoms with E-state index in [1.54, 1.807) is 0 Å². The predicted octanol–water partition coefficient (Wildman–Crippen LogP) is 2.44. The number of nitrogens with zero attached hydrogens (tertiary/aromatic N) is 1. The molecule has 110 valence electrons. The molecular formula is C16H18N2PSe2-. The van der Waals surface area contributed by atoms with E-state index in [-0.39, 0.29) is 0 Å². The molecule has 0 spiro atoms. The van der Waals surface area contributed by atoms with Gasteiger partial charge in [0.25, 0.3) is 0 Å². The molecule has 0 heterocycles. The number of benzene rings is 2. The first-order valence-electron chi connectivity index (χ1n) is 6.82. The number of rotatable bonds is 6. The van der Waals surface area contributed by atoms with E-state index in [1.807, 2.05) is 24.3 Å². The molecule has 0 saturated carbocycles. The molecular weight excluding hydrogens is 409 g/mol. The maximum absolute atomic E-state index is 6.20. The zero-order chi connectivity index (χ0) is 15.1. The molecule has 2 rings (SSSR count). The molecule has 0 amide bonds. The second kappa shape index (κ2) is 8.13. The Labute approximate surface area is 141 Å². The Morgan fingerprint density at radius 2 is 1.62 bits per heavy atom. The van der Waals surface area contributed by atoms with Crippen molar-refractivity contribution in [2.24, 2.45) is 10.7 Å². The average molecular weight is 427 g/mol. The second-order valence-electron chi connectivity index (χ2n) is 4.72. The first-order chi connectivity index (χ1) is 10.1. The monoisotopic (exact) mass is 429 g/mol. The SMILES string of the molecule is NC(=NCCCc1ccccc1)[P@](=[Se])([Se-])c1ccccc1. The van der Waals surface area contributed by atoms with E-state index in [0.29, 0.717) is 5.58 Å². The fraction of sp³-hybridized carbons (Fsp3) is 0.188. The molecule has 2 aromatic rings. The van der Waals surface area contributed by atoms with E-state index in [1.165, 1.54) is 10.9 Å². The summed E-state index contributed by atoms with van der Waals surface area (Å²) in [5.74, 6) is 0. The first kappa shape index (κ1) is 16.7. The Bertz CT molecular complexity index is 642. The molecule has 0 radical (unpaired) electrons. The third-order valence-electron chi connectivity index (χ3n) is 3.14. The van der Waals surface area contributed by atoms with Crippen LogP contribution in [-0.4, -0.2) is 42.8 Å². The summed E-state index contributed by atoms with van der Waals surface area (Å²) in [6.45, 7) is 0.763. The number of nitrogens with two attached hydrogens (primary N) is 1. The van der Waals surface area contributed by atoms with Gasteiger partial charge in [-0.2, -0.15) is 0 Å². The zero-order valence-corrected chi connectivity index (χ0v) is 16.0. The Morgan fingerprint density at radius 3 is 2.24 bits per heavy atom. The fourth-order valence-electron chi connectivity index (χ4n) is 1.97. The topological polar surface area (TPSA) is 38.4 Å². The third kappa shape index (κ3) is 4.95. The summed E-state index contributed by atoms with van der Waals surface area (Å²) in [5.41, 5.74) is 8.26. The number of aryl methyl sites for hydroxylation is 1. The Balaban J connectivity index is 1.93. The van der Waals surface area contributed by atoms with E-state index >= 15 is 0 Å². The van der Waals surface area contributed by atoms with Gasteiger partial charge in [0, 0.05) is 0 Å².